The number of nitrogens with two attached hydrogens (primary N) is 1. The molecule has 8 heteroatoms. The SMILES string of the molecule is CCN(c1ccc([C@@H](CC(=O)OC)C(F)(F)F)cc1N)C1CCOCC1. The first-order valence-electron chi connectivity index (χ1n) is 8.65. The maximum atomic E-state index is 13.4. The van der Waals surface area contributed by atoms with Crippen LogP contribution < -0.4 is 10.6 Å². The lowest BCUT2D eigenvalue weighted by Gasteiger charge is -2.36. The second kappa shape index (κ2) is 8.62. The Labute approximate surface area is 151 Å². The number of ether oxygens (including phenoxy) is 2. The minimum absolute atomic E-state index is 0.0350. The normalized spacial score (nSPS) is 17.0. The summed E-state index contributed by atoms with van der Waals surface area (Å²) in [7, 11) is 1.07. The first-order chi connectivity index (χ1) is 12.3. The predicted molar refractivity (Wildman–Crippen MR) is 93.1 cm³/mol. The quantitative estimate of drug-likeness (QED) is 0.610. The molecule has 146 valence electrons. The molecule has 5 nitrogen and oxygen atoms in total. The number of nitrogen functional groups attached to an aromatic ring is 1. The van der Waals surface area contributed by atoms with E-state index in [1.165, 1.54) is 12.1 Å². The summed E-state index contributed by atoms with van der Waals surface area (Å²) in [6.45, 7) is 4.00. The van der Waals surface area contributed by atoms with Gasteiger partial charge in [-0.05, 0) is 37.5 Å². The zero-order chi connectivity index (χ0) is 19.3. The third kappa shape index (κ3) is 4.81. The zero-order valence-corrected chi connectivity index (χ0v) is 15.0. The molecule has 1 fully saturated rings. The smallest absolute Gasteiger partial charge is 0.396 e. The van der Waals surface area contributed by atoms with Crippen LogP contribution in [-0.4, -0.2) is 45.1 Å². The summed E-state index contributed by atoms with van der Waals surface area (Å²) in [4.78, 5) is 13.5. The van der Waals surface area contributed by atoms with Crippen molar-refractivity contribution in [2.24, 2.45) is 0 Å². The van der Waals surface area contributed by atoms with Crippen LogP contribution in [0, 0.1) is 0 Å². The molecule has 1 heterocycles. The van der Waals surface area contributed by atoms with Gasteiger partial charge in [-0.2, -0.15) is 13.2 Å². The summed E-state index contributed by atoms with van der Waals surface area (Å²) < 4.78 is 49.9. The zero-order valence-electron chi connectivity index (χ0n) is 15.0. The maximum Gasteiger partial charge on any atom is 0.396 e. The molecule has 2 N–H and O–H groups in total. The number of halogens is 3. The molecule has 1 aliphatic heterocycles. The number of rotatable bonds is 6. The van der Waals surface area contributed by atoms with Crippen LogP contribution in [0.15, 0.2) is 18.2 Å². The van der Waals surface area contributed by atoms with E-state index in [1.807, 2.05) is 6.92 Å². The number of carbonyl (C=O) groups excluding carboxylic acids is 1. The van der Waals surface area contributed by atoms with E-state index in [0.717, 1.165) is 20.0 Å². The van der Waals surface area contributed by atoms with Gasteiger partial charge in [0, 0.05) is 25.8 Å². The molecule has 1 aromatic carbocycles. The highest BCUT2D eigenvalue weighted by atomic mass is 19.4. The molecule has 0 amide bonds. The van der Waals surface area contributed by atoms with Gasteiger partial charge in [-0.3, -0.25) is 4.79 Å². The first-order valence-corrected chi connectivity index (χ1v) is 8.65. The molecule has 0 bridgehead atoms. The Balaban J connectivity index is 2.29. The highest BCUT2D eigenvalue weighted by molar-refractivity contribution is 5.72. The number of benzene rings is 1. The molecule has 1 aromatic rings. The molecular weight excluding hydrogens is 349 g/mol. The van der Waals surface area contributed by atoms with Crippen molar-refractivity contribution in [3.8, 4) is 0 Å². The number of hydrogen-bond acceptors (Lipinski definition) is 5. The molecule has 0 radical (unpaired) electrons. The van der Waals surface area contributed by atoms with Gasteiger partial charge in [-0.25, -0.2) is 0 Å². The number of alkyl halides is 3. The van der Waals surface area contributed by atoms with Crippen LogP contribution in [0.3, 0.4) is 0 Å². The van der Waals surface area contributed by atoms with E-state index in [2.05, 4.69) is 9.64 Å². The van der Waals surface area contributed by atoms with E-state index < -0.39 is 24.5 Å². The summed E-state index contributed by atoms with van der Waals surface area (Å²) in [5.41, 5.74) is 7.04. The topological polar surface area (TPSA) is 64.8 Å². The van der Waals surface area contributed by atoms with Crippen molar-refractivity contribution in [2.75, 3.05) is 37.5 Å². The third-order valence-corrected chi connectivity index (χ3v) is 4.73. The highest BCUT2D eigenvalue weighted by Crippen LogP contribution is 2.40. The van der Waals surface area contributed by atoms with Gasteiger partial charge < -0.3 is 20.1 Å². The Morgan fingerprint density at radius 3 is 2.54 bits per heavy atom. The van der Waals surface area contributed by atoms with Gasteiger partial charge in [-0.1, -0.05) is 6.07 Å². The first kappa shape index (κ1) is 20.4. The van der Waals surface area contributed by atoms with Gasteiger partial charge in [0.25, 0.3) is 0 Å². The van der Waals surface area contributed by atoms with Crippen LogP contribution in [0.4, 0.5) is 24.5 Å². The molecule has 1 saturated heterocycles. The molecule has 0 unspecified atom stereocenters. The average Bonchev–Trinajstić information content (AvgIpc) is 2.61. The third-order valence-electron chi connectivity index (χ3n) is 4.73. The van der Waals surface area contributed by atoms with E-state index >= 15 is 0 Å². The van der Waals surface area contributed by atoms with E-state index in [9.17, 15) is 18.0 Å². The van der Waals surface area contributed by atoms with Crippen LogP contribution in [0.5, 0.6) is 0 Å². The Morgan fingerprint density at radius 1 is 1.38 bits per heavy atom. The number of methoxy groups -OCH3 is 1. The van der Waals surface area contributed by atoms with E-state index in [-0.39, 0.29) is 17.3 Å². The standard InChI is InChI=1S/C18H25F3N2O3/c1-3-23(13-6-8-26-9-7-13)16-5-4-12(10-15(16)22)14(18(19,20)21)11-17(24)25-2/h4-5,10,13-14H,3,6-9,11,22H2,1-2H3/t14-/m1/s1. The van der Waals surface area contributed by atoms with Crippen molar-refractivity contribution < 1.29 is 27.4 Å². The molecule has 26 heavy (non-hydrogen) atoms. The maximum absolute atomic E-state index is 13.4. The van der Waals surface area contributed by atoms with Gasteiger partial charge in [0.15, 0.2) is 0 Å². The van der Waals surface area contributed by atoms with Crippen LogP contribution in [0.25, 0.3) is 0 Å². The van der Waals surface area contributed by atoms with Crippen molar-refractivity contribution in [3.05, 3.63) is 23.8 Å². The van der Waals surface area contributed by atoms with Gasteiger partial charge >= 0.3 is 12.1 Å². The van der Waals surface area contributed by atoms with Gasteiger partial charge in [0.05, 0.1) is 30.8 Å². The van der Waals surface area contributed by atoms with Gasteiger partial charge in [0.1, 0.15) is 0 Å². The molecule has 0 spiro atoms. The minimum Gasteiger partial charge on any atom is -0.469 e. The van der Waals surface area contributed by atoms with Crippen molar-refractivity contribution in [1.29, 1.82) is 0 Å². The lowest BCUT2D eigenvalue weighted by atomic mass is 9.93. The predicted octanol–water partition coefficient (Wildman–Crippen LogP) is 3.48. The summed E-state index contributed by atoms with van der Waals surface area (Å²) >= 11 is 0. The second-order valence-electron chi connectivity index (χ2n) is 6.32. The average molecular weight is 374 g/mol. The monoisotopic (exact) mass is 374 g/mol. The Hall–Kier alpha value is -1.96. The van der Waals surface area contributed by atoms with Crippen molar-refractivity contribution in [1.82, 2.24) is 0 Å². The summed E-state index contributed by atoms with van der Waals surface area (Å²) in [6.07, 6.45) is -3.63. The van der Waals surface area contributed by atoms with Crippen LogP contribution in [0.2, 0.25) is 0 Å². The highest BCUT2D eigenvalue weighted by Gasteiger charge is 2.42. The summed E-state index contributed by atoms with van der Waals surface area (Å²) in [6, 6.07) is 4.57. The van der Waals surface area contributed by atoms with Crippen molar-refractivity contribution in [2.45, 2.75) is 44.3 Å². The summed E-state index contributed by atoms with van der Waals surface area (Å²) in [5, 5.41) is 0. The fourth-order valence-electron chi connectivity index (χ4n) is 3.35. The van der Waals surface area contributed by atoms with Crippen molar-refractivity contribution in [3.63, 3.8) is 0 Å². The number of nitrogens with zero attached hydrogens (tertiary/aromatic N) is 1. The number of carbonyl (C=O) groups is 1. The lowest BCUT2D eigenvalue weighted by Crippen LogP contribution is -2.39. The molecule has 0 aliphatic carbocycles. The van der Waals surface area contributed by atoms with Crippen LogP contribution >= 0.6 is 0 Å². The number of hydrogen-bond donors (Lipinski definition) is 1. The second-order valence-corrected chi connectivity index (χ2v) is 6.32. The molecule has 1 aliphatic rings. The summed E-state index contributed by atoms with van der Waals surface area (Å²) in [5.74, 6) is -2.85. The van der Waals surface area contributed by atoms with Gasteiger partial charge in [0.2, 0.25) is 0 Å². The van der Waals surface area contributed by atoms with Gasteiger partial charge in [-0.15, -0.1) is 0 Å². The Bertz CT molecular complexity index is 616. The van der Waals surface area contributed by atoms with E-state index in [0.29, 0.717) is 25.4 Å². The number of esters is 1. The van der Waals surface area contributed by atoms with Crippen molar-refractivity contribution >= 4 is 17.3 Å². The van der Waals surface area contributed by atoms with Crippen LogP contribution in [0.1, 0.15) is 37.7 Å². The Morgan fingerprint density at radius 2 is 2.04 bits per heavy atom. The largest absolute Gasteiger partial charge is 0.469 e. The fraction of sp³-hybridized carbons (Fsp3) is 0.611. The molecule has 0 saturated carbocycles. The van der Waals surface area contributed by atoms with E-state index in [1.54, 1.807) is 6.07 Å². The number of anilines is 2. The van der Waals surface area contributed by atoms with Crippen LogP contribution in [-0.2, 0) is 14.3 Å². The molecule has 0 aromatic heterocycles. The fourth-order valence-corrected chi connectivity index (χ4v) is 3.35. The van der Waals surface area contributed by atoms with E-state index in [4.69, 9.17) is 10.5 Å². The minimum atomic E-state index is -4.56. The molecule has 2 rings (SSSR count). The molecule has 1 atom stereocenters. The lowest BCUT2D eigenvalue weighted by molar-refractivity contribution is -0.164. The Kier molecular flexibility index (Phi) is 6.75. The molecular formula is C18H25F3N2O3.